The van der Waals surface area contributed by atoms with Gasteiger partial charge < -0.3 is 10.6 Å². The molecule has 0 bridgehead atoms. The molecule has 1 unspecified atom stereocenters. The number of thioether (sulfide) groups is 1. The SMILES string of the molecule is CC(=O)Nc1ccc(SC2CCNC2)cc1. The zero-order valence-corrected chi connectivity index (χ0v) is 10.1. The Morgan fingerprint density at radius 2 is 2.19 bits per heavy atom. The van der Waals surface area contributed by atoms with Gasteiger partial charge in [0.1, 0.15) is 0 Å². The smallest absolute Gasteiger partial charge is 0.221 e. The minimum atomic E-state index is -0.0274. The van der Waals surface area contributed by atoms with E-state index in [4.69, 9.17) is 0 Å². The van der Waals surface area contributed by atoms with Gasteiger partial charge in [0.25, 0.3) is 0 Å². The van der Waals surface area contributed by atoms with Crippen molar-refractivity contribution >= 4 is 23.4 Å². The predicted molar refractivity (Wildman–Crippen MR) is 67.9 cm³/mol. The summed E-state index contributed by atoms with van der Waals surface area (Å²) in [5, 5.41) is 6.80. The maximum atomic E-state index is 10.9. The topological polar surface area (TPSA) is 41.1 Å². The van der Waals surface area contributed by atoms with Gasteiger partial charge in [0.2, 0.25) is 5.91 Å². The zero-order valence-electron chi connectivity index (χ0n) is 9.32. The molecule has 1 aromatic carbocycles. The highest BCUT2D eigenvalue weighted by Gasteiger charge is 2.15. The maximum absolute atomic E-state index is 10.9. The van der Waals surface area contributed by atoms with Crippen molar-refractivity contribution in [2.45, 2.75) is 23.5 Å². The molecule has 1 fully saturated rings. The van der Waals surface area contributed by atoms with Gasteiger partial charge in [0.05, 0.1) is 0 Å². The molecule has 3 nitrogen and oxygen atoms in total. The van der Waals surface area contributed by atoms with E-state index in [2.05, 4.69) is 22.8 Å². The molecule has 0 spiro atoms. The lowest BCUT2D eigenvalue weighted by Crippen LogP contribution is -2.09. The van der Waals surface area contributed by atoms with Crippen LogP contribution >= 0.6 is 11.8 Å². The molecule has 4 heteroatoms. The number of amides is 1. The normalized spacial score (nSPS) is 19.7. The number of carbonyl (C=O) groups excluding carboxylic acids is 1. The average molecular weight is 236 g/mol. The molecule has 0 aliphatic carbocycles. The Morgan fingerprint density at radius 1 is 1.44 bits per heavy atom. The van der Waals surface area contributed by atoms with E-state index >= 15 is 0 Å². The van der Waals surface area contributed by atoms with E-state index in [-0.39, 0.29) is 5.91 Å². The summed E-state index contributed by atoms with van der Waals surface area (Å²) in [5.41, 5.74) is 0.862. The summed E-state index contributed by atoms with van der Waals surface area (Å²) in [6, 6.07) is 8.03. The summed E-state index contributed by atoms with van der Waals surface area (Å²) < 4.78 is 0. The highest BCUT2D eigenvalue weighted by atomic mass is 32.2. The molecular formula is C12H16N2OS. The quantitative estimate of drug-likeness (QED) is 0.844. The molecule has 1 aliphatic heterocycles. The van der Waals surface area contributed by atoms with Crippen molar-refractivity contribution in [2.24, 2.45) is 0 Å². The van der Waals surface area contributed by atoms with Gasteiger partial charge >= 0.3 is 0 Å². The van der Waals surface area contributed by atoms with Gasteiger partial charge in [-0.15, -0.1) is 11.8 Å². The van der Waals surface area contributed by atoms with E-state index in [9.17, 15) is 4.79 Å². The van der Waals surface area contributed by atoms with Gasteiger partial charge in [0, 0.05) is 29.3 Å². The highest BCUT2D eigenvalue weighted by molar-refractivity contribution is 8.00. The minimum Gasteiger partial charge on any atom is -0.326 e. The molecule has 0 saturated carbocycles. The zero-order chi connectivity index (χ0) is 11.4. The van der Waals surface area contributed by atoms with Crippen LogP contribution in [0.25, 0.3) is 0 Å². The van der Waals surface area contributed by atoms with Crippen LogP contribution in [-0.4, -0.2) is 24.2 Å². The average Bonchev–Trinajstić information content (AvgIpc) is 2.73. The van der Waals surface area contributed by atoms with E-state index in [1.165, 1.54) is 18.2 Å². The van der Waals surface area contributed by atoms with Crippen molar-refractivity contribution in [3.05, 3.63) is 24.3 Å². The molecule has 1 amide bonds. The van der Waals surface area contributed by atoms with E-state index in [1.54, 1.807) is 0 Å². The Balaban J connectivity index is 1.93. The number of anilines is 1. The fourth-order valence-corrected chi connectivity index (χ4v) is 2.86. The van der Waals surface area contributed by atoms with Crippen molar-refractivity contribution in [1.29, 1.82) is 0 Å². The summed E-state index contributed by atoms with van der Waals surface area (Å²) in [5.74, 6) is -0.0274. The third-order valence-corrected chi connectivity index (χ3v) is 3.77. The van der Waals surface area contributed by atoms with Crippen LogP contribution in [0.1, 0.15) is 13.3 Å². The Morgan fingerprint density at radius 3 is 2.75 bits per heavy atom. The molecule has 2 rings (SSSR count). The first kappa shape index (κ1) is 11.5. The standard InChI is InChI=1S/C12H16N2OS/c1-9(15)14-10-2-4-11(5-3-10)16-12-6-7-13-8-12/h2-5,12-13H,6-8H2,1H3,(H,14,15). The largest absolute Gasteiger partial charge is 0.326 e. The van der Waals surface area contributed by atoms with Crippen LogP contribution in [-0.2, 0) is 4.79 Å². The fourth-order valence-electron chi connectivity index (χ4n) is 1.74. The number of nitrogens with one attached hydrogen (secondary N) is 2. The van der Waals surface area contributed by atoms with E-state index in [0.29, 0.717) is 5.25 Å². The van der Waals surface area contributed by atoms with Crippen LogP contribution in [0.5, 0.6) is 0 Å². The Kier molecular flexibility index (Phi) is 3.85. The molecular weight excluding hydrogens is 220 g/mol. The van der Waals surface area contributed by atoms with Crippen LogP contribution in [0.3, 0.4) is 0 Å². The first-order valence-corrected chi connectivity index (χ1v) is 6.37. The molecule has 2 N–H and O–H groups in total. The van der Waals surface area contributed by atoms with Gasteiger partial charge in [-0.3, -0.25) is 4.79 Å². The van der Waals surface area contributed by atoms with Crippen molar-refractivity contribution in [1.82, 2.24) is 5.32 Å². The summed E-state index contributed by atoms with van der Waals surface area (Å²) >= 11 is 1.90. The van der Waals surface area contributed by atoms with Crippen LogP contribution in [0, 0.1) is 0 Å². The van der Waals surface area contributed by atoms with Crippen molar-refractivity contribution in [3.63, 3.8) is 0 Å². The Labute approximate surface area is 100.0 Å². The number of carbonyl (C=O) groups is 1. The monoisotopic (exact) mass is 236 g/mol. The first-order valence-electron chi connectivity index (χ1n) is 5.49. The summed E-state index contributed by atoms with van der Waals surface area (Å²) in [4.78, 5) is 12.1. The molecule has 16 heavy (non-hydrogen) atoms. The predicted octanol–water partition coefficient (Wildman–Crippen LogP) is 2.10. The van der Waals surface area contributed by atoms with E-state index in [1.807, 2.05) is 23.9 Å². The Bertz CT molecular complexity index is 358. The molecule has 1 aliphatic rings. The van der Waals surface area contributed by atoms with Crippen LogP contribution in [0.4, 0.5) is 5.69 Å². The fraction of sp³-hybridized carbons (Fsp3) is 0.417. The second-order valence-corrected chi connectivity index (χ2v) is 5.31. The number of hydrogen-bond acceptors (Lipinski definition) is 3. The van der Waals surface area contributed by atoms with E-state index < -0.39 is 0 Å². The molecule has 0 radical (unpaired) electrons. The summed E-state index contributed by atoms with van der Waals surface area (Å²) in [7, 11) is 0. The second kappa shape index (κ2) is 5.37. The molecule has 0 aromatic heterocycles. The summed E-state index contributed by atoms with van der Waals surface area (Å²) in [6.45, 7) is 3.74. The lowest BCUT2D eigenvalue weighted by molar-refractivity contribution is -0.114. The minimum absolute atomic E-state index is 0.0274. The molecule has 86 valence electrons. The second-order valence-electron chi connectivity index (χ2n) is 3.94. The van der Waals surface area contributed by atoms with Gasteiger partial charge in [0.15, 0.2) is 0 Å². The van der Waals surface area contributed by atoms with E-state index in [0.717, 1.165) is 18.8 Å². The van der Waals surface area contributed by atoms with Crippen LogP contribution in [0.2, 0.25) is 0 Å². The van der Waals surface area contributed by atoms with Gasteiger partial charge in [-0.05, 0) is 37.2 Å². The molecule has 1 heterocycles. The van der Waals surface area contributed by atoms with Crippen molar-refractivity contribution < 1.29 is 4.79 Å². The van der Waals surface area contributed by atoms with Crippen LogP contribution in [0.15, 0.2) is 29.2 Å². The van der Waals surface area contributed by atoms with Crippen molar-refractivity contribution in [2.75, 3.05) is 18.4 Å². The maximum Gasteiger partial charge on any atom is 0.221 e. The molecule has 1 saturated heterocycles. The lowest BCUT2D eigenvalue weighted by Gasteiger charge is -2.08. The Hall–Kier alpha value is -1.00. The lowest BCUT2D eigenvalue weighted by atomic mass is 10.3. The molecule has 1 atom stereocenters. The van der Waals surface area contributed by atoms with Gasteiger partial charge in [-0.2, -0.15) is 0 Å². The number of hydrogen-bond donors (Lipinski definition) is 2. The van der Waals surface area contributed by atoms with Crippen LogP contribution < -0.4 is 10.6 Å². The first-order chi connectivity index (χ1) is 7.74. The molecule has 1 aromatic rings. The van der Waals surface area contributed by atoms with Crippen molar-refractivity contribution in [3.8, 4) is 0 Å². The third kappa shape index (κ3) is 3.25. The number of rotatable bonds is 3. The number of benzene rings is 1. The van der Waals surface area contributed by atoms with Gasteiger partial charge in [-0.25, -0.2) is 0 Å². The van der Waals surface area contributed by atoms with Gasteiger partial charge in [-0.1, -0.05) is 0 Å². The third-order valence-electron chi connectivity index (χ3n) is 2.49. The highest BCUT2D eigenvalue weighted by Crippen LogP contribution is 2.27. The summed E-state index contributed by atoms with van der Waals surface area (Å²) in [6.07, 6.45) is 1.23.